The third kappa shape index (κ3) is 3.97. The number of carbonyl (C=O) groups is 1. The Morgan fingerprint density at radius 3 is 2.75 bits per heavy atom. The van der Waals surface area contributed by atoms with Gasteiger partial charge >= 0.3 is 6.09 Å². The number of carbonyl (C=O) groups excluding carboxylic acids is 1. The number of nitrogens with zero attached hydrogens (tertiary/aromatic N) is 1. The summed E-state index contributed by atoms with van der Waals surface area (Å²) >= 11 is 0. The number of rotatable bonds is 3. The van der Waals surface area contributed by atoms with Crippen molar-refractivity contribution in [3.05, 3.63) is 35.9 Å². The first-order valence-corrected chi connectivity index (χ1v) is 7.34. The highest BCUT2D eigenvalue weighted by Gasteiger charge is 2.21. The lowest BCUT2D eigenvalue weighted by molar-refractivity contribution is 0.125. The van der Waals surface area contributed by atoms with E-state index in [0.29, 0.717) is 12.1 Å². The predicted molar refractivity (Wildman–Crippen MR) is 79.6 cm³/mol. The molecular weight excluding hydrogens is 252 g/mol. The van der Waals surface area contributed by atoms with Crippen LogP contribution in [0.1, 0.15) is 37.8 Å². The fourth-order valence-corrected chi connectivity index (χ4v) is 2.77. The Balaban J connectivity index is 1.86. The number of hydrogen-bond donors (Lipinski definition) is 1. The minimum atomic E-state index is -0.207. The van der Waals surface area contributed by atoms with E-state index in [-0.39, 0.29) is 6.09 Å². The van der Waals surface area contributed by atoms with E-state index in [4.69, 9.17) is 4.74 Å². The average Bonchev–Trinajstić information content (AvgIpc) is 2.73. The maximum Gasteiger partial charge on any atom is 0.409 e. The molecule has 2 atom stereocenters. The van der Waals surface area contributed by atoms with Gasteiger partial charge in [0.15, 0.2) is 0 Å². The molecule has 1 heterocycles. The fraction of sp³-hybridized carbons (Fsp3) is 0.562. The van der Waals surface area contributed by atoms with Gasteiger partial charge in [0.25, 0.3) is 0 Å². The van der Waals surface area contributed by atoms with Crippen LogP contribution >= 0.6 is 0 Å². The number of nitrogens with one attached hydrogen (secondary N) is 1. The standard InChI is InChI=1S/C16H24N2O2/c1-13(14-7-4-3-5-8-14)17-15-9-6-11-18(12-10-15)16(19)20-2/h3-5,7-8,13,15,17H,6,9-12H2,1-2H3/t13-,15+/m1/s1. The van der Waals surface area contributed by atoms with E-state index in [1.54, 1.807) is 4.90 Å². The second-order valence-corrected chi connectivity index (χ2v) is 5.38. The zero-order valence-corrected chi connectivity index (χ0v) is 12.3. The van der Waals surface area contributed by atoms with Gasteiger partial charge in [0.2, 0.25) is 0 Å². The van der Waals surface area contributed by atoms with E-state index in [0.717, 1.165) is 32.4 Å². The van der Waals surface area contributed by atoms with E-state index in [1.807, 2.05) is 6.07 Å². The molecule has 0 spiro atoms. The van der Waals surface area contributed by atoms with Gasteiger partial charge in [-0.2, -0.15) is 0 Å². The van der Waals surface area contributed by atoms with Crippen LogP contribution in [0.25, 0.3) is 0 Å². The van der Waals surface area contributed by atoms with Gasteiger partial charge in [-0.15, -0.1) is 0 Å². The minimum absolute atomic E-state index is 0.207. The largest absolute Gasteiger partial charge is 0.453 e. The number of benzene rings is 1. The van der Waals surface area contributed by atoms with Crippen molar-refractivity contribution in [1.29, 1.82) is 0 Å². The first-order chi connectivity index (χ1) is 9.70. The third-order valence-corrected chi connectivity index (χ3v) is 3.95. The van der Waals surface area contributed by atoms with E-state index < -0.39 is 0 Å². The monoisotopic (exact) mass is 276 g/mol. The average molecular weight is 276 g/mol. The van der Waals surface area contributed by atoms with Crippen molar-refractivity contribution in [2.24, 2.45) is 0 Å². The molecule has 1 saturated heterocycles. The van der Waals surface area contributed by atoms with Crippen LogP contribution in [0.4, 0.5) is 4.79 Å². The van der Waals surface area contributed by atoms with Crippen molar-refractivity contribution in [2.45, 2.75) is 38.3 Å². The van der Waals surface area contributed by atoms with E-state index in [2.05, 4.69) is 36.5 Å². The first kappa shape index (κ1) is 14.9. The second kappa shape index (κ2) is 7.29. The molecular formula is C16H24N2O2. The molecule has 1 aliphatic rings. The van der Waals surface area contributed by atoms with Gasteiger partial charge in [0.1, 0.15) is 0 Å². The molecule has 0 radical (unpaired) electrons. The molecule has 2 rings (SSSR count). The maximum absolute atomic E-state index is 11.6. The zero-order chi connectivity index (χ0) is 14.4. The van der Waals surface area contributed by atoms with E-state index in [1.165, 1.54) is 12.7 Å². The molecule has 0 aromatic heterocycles. The van der Waals surface area contributed by atoms with Crippen LogP contribution < -0.4 is 5.32 Å². The highest BCUT2D eigenvalue weighted by atomic mass is 16.5. The summed E-state index contributed by atoms with van der Waals surface area (Å²) in [6, 6.07) is 11.3. The summed E-state index contributed by atoms with van der Waals surface area (Å²) < 4.78 is 4.80. The molecule has 1 aliphatic heterocycles. The Labute approximate surface area is 121 Å². The Hall–Kier alpha value is -1.55. The normalized spacial score (nSPS) is 21.1. The number of amides is 1. The van der Waals surface area contributed by atoms with Gasteiger partial charge < -0.3 is 15.0 Å². The van der Waals surface area contributed by atoms with Crippen LogP contribution in [0.5, 0.6) is 0 Å². The predicted octanol–water partition coefficient (Wildman–Crippen LogP) is 2.96. The molecule has 4 heteroatoms. The third-order valence-electron chi connectivity index (χ3n) is 3.95. The van der Waals surface area contributed by atoms with Gasteiger partial charge in [0, 0.05) is 25.2 Å². The van der Waals surface area contributed by atoms with Crippen LogP contribution in [0, 0.1) is 0 Å². The summed E-state index contributed by atoms with van der Waals surface area (Å²) in [5, 5.41) is 3.67. The van der Waals surface area contributed by atoms with E-state index >= 15 is 0 Å². The summed E-state index contributed by atoms with van der Waals surface area (Å²) in [5.74, 6) is 0. The van der Waals surface area contributed by atoms with Gasteiger partial charge in [0.05, 0.1) is 7.11 Å². The first-order valence-electron chi connectivity index (χ1n) is 7.34. The molecule has 0 bridgehead atoms. The van der Waals surface area contributed by atoms with Crippen LogP contribution in [0.3, 0.4) is 0 Å². The lowest BCUT2D eigenvalue weighted by Crippen LogP contribution is -2.34. The molecule has 4 nitrogen and oxygen atoms in total. The quantitative estimate of drug-likeness (QED) is 0.923. The molecule has 0 saturated carbocycles. The molecule has 1 amide bonds. The van der Waals surface area contributed by atoms with Crippen molar-refractivity contribution in [2.75, 3.05) is 20.2 Å². The van der Waals surface area contributed by atoms with Crippen molar-refractivity contribution in [1.82, 2.24) is 10.2 Å². The highest BCUT2D eigenvalue weighted by molar-refractivity contribution is 5.67. The van der Waals surface area contributed by atoms with Gasteiger partial charge in [-0.25, -0.2) is 4.79 Å². The molecule has 1 aromatic carbocycles. The molecule has 20 heavy (non-hydrogen) atoms. The minimum Gasteiger partial charge on any atom is -0.453 e. The lowest BCUT2D eigenvalue weighted by atomic mass is 10.0. The van der Waals surface area contributed by atoms with Crippen molar-refractivity contribution in [3.63, 3.8) is 0 Å². The van der Waals surface area contributed by atoms with Crippen LogP contribution in [-0.2, 0) is 4.74 Å². The smallest absolute Gasteiger partial charge is 0.409 e. The van der Waals surface area contributed by atoms with Crippen LogP contribution in [0.2, 0.25) is 0 Å². The highest BCUT2D eigenvalue weighted by Crippen LogP contribution is 2.17. The van der Waals surface area contributed by atoms with Crippen LogP contribution in [0.15, 0.2) is 30.3 Å². The molecule has 110 valence electrons. The van der Waals surface area contributed by atoms with E-state index in [9.17, 15) is 4.79 Å². The SMILES string of the molecule is COC(=O)N1CCC[C@H](N[C@H](C)c2ccccc2)CC1. The summed E-state index contributed by atoms with van der Waals surface area (Å²) in [4.78, 5) is 13.4. The second-order valence-electron chi connectivity index (χ2n) is 5.38. The number of ether oxygens (including phenoxy) is 1. The summed E-state index contributed by atoms with van der Waals surface area (Å²) in [6.07, 6.45) is 2.90. The fourth-order valence-electron chi connectivity index (χ4n) is 2.77. The molecule has 1 aromatic rings. The van der Waals surface area contributed by atoms with Gasteiger partial charge in [-0.1, -0.05) is 30.3 Å². The number of likely N-dealkylation sites (tertiary alicyclic amines) is 1. The summed E-state index contributed by atoms with van der Waals surface area (Å²) in [5.41, 5.74) is 1.31. The van der Waals surface area contributed by atoms with Crippen molar-refractivity contribution < 1.29 is 9.53 Å². The van der Waals surface area contributed by atoms with Crippen molar-refractivity contribution >= 4 is 6.09 Å². The molecule has 1 fully saturated rings. The Morgan fingerprint density at radius 1 is 1.30 bits per heavy atom. The zero-order valence-electron chi connectivity index (χ0n) is 12.3. The van der Waals surface area contributed by atoms with Gasteiger partial charge in [-0.3, -0.25) is 0 Å². The van der Waals surface area contributed by atoms with Gasteiger partial charge in [-0.05, 0) is 31.7 Å². The van der Waals surface area contributed by atoms with Crippen LogP contribution in [-0.4, -0.2) is 37.2 Å². The lowest BCUT2D eigenvalue weighted by Gasteiger charge is -2.23. The summed E-state index contributed by atoms with van der Waals surface area (Å²) in [6.45, 7) is 3.76. The Bertz CT molecular complexity index is 422. The topological polar surface area (TPSA) is 41.6 Å². The Morgan fingerprint density at radius 2 is 2.05 bits per heavy atom. The maximum atomic E-state index is 11.6. The number of methoxy groups -OCH3 is 1. The van der Waals surface area contributed by atoms with Crippen molar-refractivity contribution in [3.8, 4) is 0 Å². The Kier molecular flexibility index (Phi) is 5.41. The molecule has 1 N–H and O–H groups in total. The molecule has 0 unspecified atom stereocenters. The summed E-state index contributed by atoms with van der Waals surface area (Å²) in [7, 11) is 1.44. The number of hydrogen-bond acceptors (Lipinski definition) is 3. The molecule has 0 aliphatic carbocycles.